The summed E-state index contributed by atoms with van der Waals surface area (Å²) in [4.78, 5) is 2.33. The van der Waals surface area contributed by atoms with Crippen molar-refractivity contribution >= 4 is 5.69 Å². The number of ether oxygens (including phenoxy) is 1. The van der Waals surface area contributed by atoms with Crippen LogP contribution in [0.2, 0.25) is 0 Å². The first-order valence-corrected chi connectivity index (χ1v) is 6.27. The van der Waals surface area contributed by atoms with Crippen LogP contribution in [-0.4, -0.2) is 33.3 Å². The number of anilines is 1. The molecule has 2 aromatic rings. The molecule has 0 aliphatic carbocycles. The summed E-state index contributed by atoms with van der Waals surface area (Å²) >= 11 is 0. The molecular weight excluding hydrogens is 242 g/mol. The smallest absolute Gasteiger partial charge is 0.147 e. The Morgan fingerprint density at radius 1 is 1.37 bits per heavy atom. The summed E-state index contributed by atoms with van der Waals surface area (Å²) in [6, 6.07) is 5.79. The van der Waals surface area contributed by atoms with Crippen molar-refractivity contribution in [3.63, 3.8) is 0 Å². The normalized spacial score (nSPS) is 15.2. The lowest BCUT2D eigenvalue weighted by atomic mass is 10.1. The fraction of sp³-hybridized carbons (Fsp3) is 0.385. The molecule has 19 heavy (non-hydrogen) atoms. The Labute approximate surface area is 111 Å². The molecule has 0 bridgehead atoms. The number of methoxy groups -OCH3 is 1. The van der Waals surface area contributed by atoms with Gasteiger partial charge < -0.3 is 15.0 Å². The Morgan fingerprint density at radius 2 is 2.26 bits per heavy atom. The van der Waals surface area contributed by atoms with Crippen LogP contribution in [-0.2, 0) is 19.6 Å². The number of nitrogens with zero attached hydrogens (tertiary/aromatic N) is 4. The Hall–Kier alpha value is -2.08. The number of hydrogen-bond acceptors (Lipinski definition) is 5. The monoisotopic (exact) mass is 259 g/mol. The van der Waals surface area contributed by atoms with Crippen molar-refractivity contribution in [3.8, 4) is 5.75 Å². The fourth-order valence-electron chi connectivity index (χ4n) is 2.38. The second-order valence-corrected chi connectivity index (χ2v) is 4.72. The van der Waals surface area contributed by atoms with E-state index in [1.807, 2.05) is 18.2 Å². The first-order chi connectivity index (χ1) is 9.26. The van der Waals surface area contributed by atoms with Gasteiger partial charge in [-0.3, -0.25) is 4.90 Å². The van der Waals surface area contributed by atoms with Gasteiger partial charge in [0.2, 0.25) is 0 Å². The van der Waals surface area contributed by atoms with E-state index in [1.165, 1.54) is 0 Å². The van der Waals surface area contributed by atoms with Gasteiger partial charge in [0.05, 0.1) is 13.7 Å². The molecule has 2 N–H and O–H groups in total. The first-order valence-electron chi connectivity index (χ1n) is 6.27. The number of nitrogens with two attached hydrogens (primary N) is 1. The third kappa shape index (κ3) is 2.39. The molecule has 0 saturated heterocycles. The van der Waals surface area contributed by atoms with Gasteiger partial charge in [0.15, 0.2) is 0 Å². The third-order valence-corrected chi connectivity index (χ3v) is 3.42. The summed E-state index contributed by atoms with van der Waals surface area (Å²) in [5.74, 6) is 1.85. The predicted octanol–water partition coefficient (Wildman–Crippen LogP) is 0.885. The molecular formula is C13H17N5O. The van der Waals surface area contributed by atoms with E-state index in [2.05, 4.69) is 19.7 Å². The van der Waals surface area contributed by atoms with Crippen LogP contribution in [0.25, 0.3) is 0 Å². The SMILES string of the molecule is COc1cc(N)ccc1CN1CCn2cnnc2C1. The van der Waals surface area contributed by atoms with Gasteiger partial charge in [0.25, 0.3) is 0 Å². The van der Waals surface area contributed by atoms with Crippen LogP contribution < -0.4 is 10.5 Å². The molecule has 6 nitrogen and oxygen atoms in total. The standard InChI is InChI=1S/C13H17N5O/c1-19-12-6-11(14)3-2-10(12)7-17-4-5-18-9-15-16-13(18)8-17/h2-3,6,9H,4-5,7-8,14H2,1H3. The van der Waals surface area contributed by atoms with Gasteiger partial charge in [-0.2, -0.15) is 0 Å². The third-order valence-electron chi connectivity index (χ3n) is 3.42. The second-order valence-electron chi connectivity index (χ2n) is 4.72. The van der Waals surface area contributed by atoms with Gasteiger partial charge >= 0.3 is 0 Å². The molecule has 0 spiro atoms. The highest BCUT2D eigenvalue weighted by atomic mass is 16.5. The van der Waals surface area contributed by atoms with E-state index in [1.54, 1.807) is 13.4 Å². The topological polar surface area (TPSA) is 69.2 Å². The quantitative estimate of drug-likeness (QED) is 0.829. The zero-order chi connectivity index (χ0) is 13.2. The molecule has 2 heterocycles. The van der Waals surface area contributed by atoms with Crippen LogP contribution in [0.3, 0.4) is 0 Å². The van der Waals surface area contributed by atoms with Crippen LogP contribution in [0.4, 0.5) is 5.69 Å². The number of aromatic nitrogens is 3. The minimum absolute atomic E-state index is 0.721. The zero-order valence-corrected chi connectivity index (χ0v) is 10.9. The molecule has 1 aliphatic heterocycles. The van der Waals surface area contributed by atoms with Gasteiger partial charge in [0.1, 0.15) is 17.9 Å². The van der Waals surface area contributed by atoms with E-state index in [4.69, 9.17) is 10.5 Å². The molecule has 100 valence electrons. The molecule has 1 aromatic heterocycles. The summed E-state index contributed by atoms with van der Waals surface area (Å²) in [6.07, 6.45) is 1.79. The Morgan fingerprint density at radius 3 is 3.11 bits per heavy atom. The lowest BCUT2D eigenvalue weighted by molar-refractivity contribution is 0.206. The molecule has 1 aromatic carbocycles. The molecule has 0 saturated carbocycles. The maximum atomic E-state index is 5.77. The van der Waals surface area contributed by atoms with Gasteiger partial charge in [-0.25, -0.2) is 0 Å². The van der Waals surface area contributed by atoms with E-state index < -0.39 is 0 Å². The van der Waals surface area contributed by atoms with Gasteiger partial charge in [-0.05, 0) is 6.07 Å². The molecule has 0 unspecified atom stereocenters. The van der Waals surface area contributed by atoms with Gasteiger partial charge in [-0.1, -0.05) is 6.07 Å². The summed E-state index contributed by atoms with van der Waals surface area (Å²) in [5, 5.41) is 8.06. The number of rotatable bonds is 3. The lowest BCUT2D eigenvalue weighted by Crippen LogP contribution is -2.33. The highest BCUT2D eigenvalue weighted by Gasteiger charge is 2.18. The molecule has 3 rings (SSSR count). The highest BCUT2D eigenvalue weighted by molar-refractivity contribution is 5.48. The molecule has 1 aliphatic rings. The van der Waals surface area contributed by atoms with Crippen molar-refractivity contribution in [2.45, 2.75) is 19.6 Å². The summed E-state index contributed by atoms with van der Waals surface area (Å²) < 4.78 is 7.48. The average Bonchev–Trinajstić information content (AvgIpc) is 2.88. The van der Waals surface area contributed by atoms with Crippen LogP contribution >= 0.6 is 0 Å². The molecule has 6 heteroatoms. The van der Waals surface area contributed by atoms with Gasteiger partial charge in [0, 0.05) is 37.0 Å². The second kappa shape index (κ2) is 4.89. The summed E-state index contributed by atoms with van der Waals surface area (Å²) in [6.45, 7) is 3.56. The van der Waals surface area contributed by atoms with E-state index in [-0.39, 0.29) is 0 Å². The molecule has 0 atom stereocenters. The Kier molecular flexibility index (Phi) is 3.08. The van der Waals surface area contributed by atoms with Crippen LogP contribution in [0.15, 0.2) is 24.5 Å². The fourth-order valence-corrected chi connectivity index (χ4v) is 2.38. The number of fused-ring (bicyclic) bond motifs is 1. The largest absolute Gasteiger partial charge is 0.496 e. The Bertz CT molecular complexity index is 580. The van der Waals surface area contributed by atoms with Crippen molar-refractivity contribution in [3.05, 3.63) is 35.9 Å². The predicted molar refractivity (Wildman–Crippen MR) is 71.5 cm³/mol. The van der Waals surface area contributed by atoms with E-state index in [0.29, 0.717) is 0 Å². The molecule has 0 radical (unpaired) electrons. The van der Waals surface area contributed by atoms with E-state index in [9.17, 15) is 0 Å². The minimum Gasteiger partial charge on any atom is -0.496 e. The van der Waals surface area contributed by atoms with Crippen molar-refractivity contribution in [1.29, 1.82) is 0 Å². The number of benzene rings is 1. The summed E-state index contributed by atoms with van der Waals surface area (Å²) in [7, 11) is 1.67. The minimum atomic E-state index is 0.721. The maximum absolute atomic E-state index is 5.77. The number of hydrogen-bond donors (Lipinski definition) is 1. The maximum Gasteiger partial charge on any atom is 0.147 e. The van der Waals surface area contributed by atoms with Crippen molar-refractivity contribution in [2.24, 2.45) is 0 Å². The van der Waals surface area contributed by atoms with E-state index >= 15 is 0 Å². The van der Waals surface area contributed by atoms with Crippen LogP contribution in [0, 0.1) is 0 Å². The van der Waals surface area contributed by atoms with Gasteiger partial charge in [-0.15, -0.1) is 10.2 Å². The van der Waals surface area contributed by atoms with Crippen LogP contribution in [0.5, 0.6) is 5.75 Å². The van der Waals surface area contributed by atoms with E-state index in [0.717, 1.165) is 49.0 Å². The average molecular weight is 259 g/mol. The molecule has 0 amide bonds. The summed E-state index contributed by atoms with van der Waals surface area (Å²) in [5.41, 5.74) is 7.63. The lowest BCUT2D eigenvalue weighted by Gasteiger charge is -2.27. The van der Waals surface area contributed by atoms with Crippen LogP contribution in [0.1, 0.15) is 11.4 Å². The molecule has 0 fully saturated rings. The highest BCUT2D eigenvalue weighted by Crippen LogP contribution is 2.24. The van der Waals surface area contributed by atoms with Crippen molar-refractivity contribution < 1.29 is 4.74 Å². The first kappa shape index (κ1) is 12.0. The van der Waals surface area contributed by atoms with Crippen molar-refractivity contribution in [1.82, 2.24) is 19.7 Å². The zero-order valence-electron chi connectivity index (χ0n) is 10.9. The Balaban J connectivity index is 1.76. The van der Waals surface area contributed by atoms with Crippen molar-refractivity contribution in [2.75, 3.05) is 19.4 Å². The number of nitrogen functional groups attached to an aromatic ring is 1.